The van der Waals surface area contributed by atoms with E-state index in [1.807, 2.05) is 66.7 Å². The van der Waals surface area contributed by atoms with Crippen molar-refractivity contribution in [2.45, 2.75) is 6.92 Å². The van der Waals surface area contributed by atoms with Gasteiger partial charge in [0.15, 0.2) is 0 Å². The van der Waals surface area contributed by atoms with E-state index in [-0.39, 0.29) is 11.2 Å². The lowest BCUT2D eigenvalue weighted by Gasteiger charge is -2.12. The molecule has 0 fully saturated rings. The molecule has 0 aliphatic heterocycles. The molecule has 0 amide bonds. The van der Waals surface area contributed by atoms with Crippen molar-refractivity contribution in [3.8, 4) is 22.4 Å². The Balaban J connectivity index is 1.86. The molecule has 1 aromatic heterocycles. The van der Waals surface area contributed by atoms with E-state index in [1.54, 1.807) is 25.1 Å². The van der Waals surface area contributed by atoms with Gasteiger partial charge in [0.05, 0.1) is 16.3 Å². The average Bonchev–Trinajstić information content (AvgIpc) is 2.81. The van der Waals surface area contributed by atoms with E-state index in [0.717, 1.165) is 16.7 Å². The van der Waals surface area contributed by atoms with Crippen LogP contribution in [0.1, 0.15) is 12.5 Å². The fraction of sp³-hybridized carbons (Fsp3) is 0.0400. The number of benzene rings is 3. The molecular formula is C25H19N3O3. The van der Waals surface area contributed by atoms with Crippen LogP contribution in [0.5, 0.6) is 0 Å². The Labute approximate surface area is 178 Å². The molecule has 1 heterocycles. The van der Waals surface area contributed by atoms with Crippen LogP contribution < -0.4 is 5.56 Å². The zero-order valence-corrected chi connectivity index (χ0v) is 16.8. The molecule has 0 N–H and O–H groups in total. The van der Waals surface area contributed by atoms with Crippen molar-refractivity contribution < 1.29 is 4.92 Å². The van der Waals surface area contributed by atoms with Gasteiger partial charge in [-0.1, -0.05) is 60.7 Å². The van der Waals surface area contributed by atoms with Gasteiger partial charge in [0.2, 0.25) is 0 Å². The van der Waals surface area contributed by atoms with Crippen molar-refractivity contribution in [2.75, 3.05) is 0 Å². The Morgan fingerprint density at radius 1 is 0.806 bits per heavy atom. The maximum atomic E-state index is 13.1. The molecule has 0 radical (unpaired) electrons. The van der Waals surface area contributed by atoms with E-state index in [9.17, 15) is 14.9 Å². The number of nitro groups is 1. The standard InChI is InChI=1S/C25H19N3O3/c1-18(19-12-14-23(15-13-19)28(30)31)26-27-24(21-10-6-3-7-11-21)16-22(17-25(27)29)20-8-4-2-5-9-20/h2-17H,1H3/b26-18+. The first-order valence-electron chi connectivity index (χ1n) is 9.71. The van der Waals surface area contributed by atoms with Crippen molar-refractivity contribution in [2.24, 2.45) is 5.10 Å². The second-order valence-electron chi connectivity index (χ2n) is 7.00. The minimum atomic E-state index is -0.448. The van der Waals surface area contributed by atoms with Crippen LogP contribution in [0.2, 0.25) is 0 Å². The first kappa shape index (κ1) is 20.0. The zero-order valence-electron chi connectivity index (χ0n) is 16.8. The smallest absolute Gasteiger partial charge is 0.267 e. The third kappa shape index (κ3) is 4.33. The van der Waals surface area contributed by atoms with Gasteiger partial charge >= 0.3 is 0 Å². The lowest BCUT2D eigenvalue weighted by Crippen LogP contribution is -2.19. The van der Waals surface area contributed by atoms with Gasteiger partial charge in [-0.25, -0.2) is 0 Å². The van der Waals surface area contributed by atoms with Crippen LogP contribution in [-0.4, -0.2) is 15.3 Å². The molecule has 0 aliphatic rings. The zero-order chi connectivity index (χ0) is 21.8. The van der Waals surface area contributed by atoms with Crippen LogP contribution in [-0.2, 0) is 0 Å². The fourth-order valence-electron chi connectivity index (χ4n) is 3.31. The Morgan fingerprint density at radius 3 is 1.97 bits per heavy atom. The largest absolute Gasteiger partial charge is 0.272 e. The second kappa shape index (κ2) is 8.59. The van der Waals surface area contributed by atoms with E-state index in [4.69, 9.17) is 0 Å². The van der Waals surface area contributed by atoms with Crippen molar-refractivity contribution in [1.82, 2.24) is 4.68 Å². The monoisotopic (exact) mass is 409 g/mol. The molecule has 0 saturated carbocycles. The Morgan fingerprint density at radius 2 is 1.39 bits per heavy atom. The van der Waals surface area contributed by atoms with E-state index in [0.29, 0.717) is 17.0 Å². The van der Waals surface area contributed by atoms with Gasteiger partial charge in [0.1, 0.15) is 0 Å². The molecule has 0 unspecified atom stereocenters. The molecule has 6 heteroatoms. The van der Waals surface area contributed by atoms with E-state index in [1.165, 1.54) is 16.8 Å². The highest BCUT2D eigenvalue weighted by atomic mass is 16.6. The minimum Gasteiger partial charge on any atom is -0.267 e. The predicted molar refractivity (Wildman–Crippen MR) is 122 cm³/mol. The molecule has 3 aromatic carbocycles. The summed E-state index contributed by atoms with van der Waals surface area (Å²) in [5, 5.41) is 15.5. The Kier molecular flexibility index (Phi) is 5.53. The van der Waals surface area contributed by atoms with Gasteiger partial charge in [-0.15, -0.1) is 0 Å². The molecule has 0 bridgehead atoms. The summed E-state index contributed by atoms with van der Waals surface area (Å²) >= 11 is 0. The molecule has 4 aromatic rings. The molecule has 0 atom stereocenters. The van der Waals surface area contributed by atoms with Crippen molar-refractivity contribution in [1.29, 1.82) is 0 Å². The normalized spacial score (nSPS) is 11.3. The number of rotatable bonds is 5. The molecule has 152 valence electrons. The highest BCUT2D eigenvalue weighted by Crippen LogP contribution is 2.25. The maximum absolute atomic E-state index is 13.1. The van der Waals surface area contributed by atoms with Crippen LogP contribution in [0, 0.1) is 10.1 Å². The third-order valence-electron chi connectivity index (χ3n) is 4.93. The molecule has 31 heavy (non-hydrogen) atoms. The van der Waals surface area contributed by atoms with E-state index < -0.39 is 4.92 Å². The van der Waals surface area contributed by atoms with Crippen molar-refractivity contribution in [3.05, 3.63) is 123 Å². The second-order valence-corrected chi connectivity index (χ2v) is 7.00. The van der Waals surface area contributed by atoms with E-state index in [2.05, 4.69) is 5.10 Å². The van der Waals surface area contributed by atoms with Crippen molar-refractivity contribution >= 4 is 11.4 Å². The Hall–Kier alpha value is -4.32. The molecule has 0 aliphatic carbocycles. The van der Waals surface area contributed by atoms with Crippen LogP contribution >= 0.6 is 0 Å². The summed E-state index contributed by atoms with van der Waals surface area (Å²) in [4.78, 5) is 23.5. The van der Waals surface area contributed by atoms with Gasteiger partial charge in [-0.05, 0) is 41.8 Å². The molecule has 0 spiro atoms. The number of pyridine rings is 1. The summed E-state index contributed by atoms with van der Waals surface area (Å²) in [7, 11) is 0. The van der Waals surface area contributed by atoms with Gasteiger partial charge in [-0.2, -0.15) is 9.78 Å². The molecule has 0 saturated heterocycles. The van der Waals surface area contributed by atoms with Gasteiger partial charge in [0.25, 0.3) is 11.2 Å². The number of aromatic nitrogens is 1. The van der Waals surface area contributed by atoms with Gasteiger partial charge < -0.3 is 0 Å². The number of hydrogen-bond donors (Lipinski definition) is 0. The van der Waals surface area contributed by atoms with Crippen LogP contribution in [0.4, 0.5) is 5.69 Å². The van der Waals surface area contributed by atoms with Gasteiger partial charge in [0, 0.05) is 23.8 Å². The summed E-state index contributed by atoms with van der Waals surface area (Å²) < 4.78 is 1.37. The molecule has 6 nitrogen and oxygen atoms in total. The number of nitro benzene ring substituents is 1. The first-order chi connectivity index (χ1) is 15.0. The maximum Gasteiger partial charge on any atom is 0.272 e. The summed E-state index contributed by atoms with van der Waals surface area (Å²) in [6, 6.07) is 28.9. The highest BCUT2D eigenvalue weighted by Gasteiger charge is 2.12. The SMILES string of the molecule is C/C(=N\n1c(-c2ccccc2)cc(-c2ccccc2)cc1=O)c1ccc([N+](=O)[O-])cc1. The third-order valence-corrected chi connectivity index (χ3v) is 4.93. The topological polar surface area (TPSA) is 77.5 Å². The lowest BCUT2D eigenvalue weighted by atomic mass is 10.0. The fourth-order valence-corrected chi connectivity index (χ4v) is 3.31. The minimum absolute atomic E-state index is 0.00547. The lowest BCUT2D eigenvalue weighted by molar-refractivity contribution is -0.384. The molecule has 4 rings (SSSR count). The Bertz CT molecular complexity index is 1310. The van der Waals surface area contributed by atoms with Gasteiger partial charge in [-0.3, -0.25) is 14.9 Å². The van der Waals surface area contributed by atoms with Crippen LogP contribution in [0.25, 0.3) is 22.4 Å². The summed E-state index contributed by atoms with van der Waals surface area (Å²) in [6.45, 7) is 1.77. The van der Waals surface area contributed by atoms with E-state index >= 15 is 0 Å². The molecular weight excluding hydrogens is 390 g/mol. The summed E-state index contributed by atoms with van der Waals surface area (Å²) in [6.07, 6.45) is 0. The van der Waals surface area contributed by atoms with Crippen LogP contribution in [0.15, 0.2) is 107 Å². The predicted octanol–water partition coefficient (Wildman–Crippen LogP) is 5.36. The number of non-ortho nitro benzene ring substituents is 1. The highest BCUT2D eigenvalue weighted by molar-refractivity contribution is 5.98. The first-order valence-corrected chi connectivity index (χ1v) is 9.71. The van der Waals surface area contributed by atoms with Crippen LogP contribution in [0.3, 0.4) is 0 Å². The number of hydrogen-bond acceptors (Lipinski definition) is 4. The van der Waals surface area contributed by atoms with Crippen molar-refractivity contribution in [3.63, 3.8) is 0 Å². The quantitative estimate of drug-likeness (QED) is 0.253. The number of nitrogens with zero attached hydrogens (tertiary/aromatic N) is 3. The average molecular weight is 409 g/mol. The summed E-state index contributed by atoms with van der Waals surface area (Å²) in [5.41, 5.74) is 4.28. The summed E-state index contributed by atoms with van der Waals surface area (Å²) in [5.74, 6) is 0.